The van der Waals surface area contributed by atoms with Crippen molar-refractivity contribution in [2.24, 2.45) is 0 Å². The Morgan fingerprint density at radius 2 is 0.875 bits per heavy atom. The Morgan fingerprint density at radius 3 is 1.19 bits per heavy atom. The van der Waals surface area contributed by atoms with Gasteiger partial charge in [-0.05, 0) is 12.2 Å². The molecule has 97 valence electrons. The predicted octanol–water partition coefficient (Wildman–Crippen LogP) is 5.24. The molecule has 0 aromatic carbocycles. The number of hydrogen-bond donors (Lipinski definition) is 1. The van der Waals surface area contributed by atoms with Crippen molar-refractivity contribution in [2.45, 2.75) is 84.0 Å². The van der Waals surface area contributed by atoms with E-state index in [0.29, 0.717) is 0 Å². The molecular formula is C14H30SSb. The van der Waals surface area contributed by atoms with Crippen molar-refractivity contribution >= 4 is 37.1 Å². The number of thiol groups is 1. The van der Waals surface area contributed by atoms with E-state index in [0.717, 1.165) is 5.75 Å². The summed E-state index contributed by atoms with van der Waals surface area (Å²) in [6, 6.07) is 0. The van der Waals surface area contributed by atoms with Gasteiger partial charge in [0.1, 0.15) is 0 Å². The summed E-state index contributed by atoms with van der Waals surface area (Å²) in [6.45, 7) is 2.28. The van der Waals surface area contributed by atoms with Gasteiger partial charge in [-0.2, -0.15) is 12.6 Å². The first-order valence-electron chi connectivity index (χ1n) is 7.02. The van der Waals surface area contributed by atoms with Gasteiger partial charge in [0.15, 0.2) is 0 Å². The second-order valence-corrected chi connectivity index (χ2v) is 5.06. The first kappa shape index (κ1) is 19.5. The Balaban J connectivity index is 0. The fraction of sp³-hybridized carbons (Fsp3) is 1.00. The molecule has 0 aromatic rings. The Bertz CT molecular complexity index is 94.9. The van der Waals surface area contributed by atoms with Crippen LogP contribution in [0.1, 0.15) is 84.0 Å². The van der Waals surface area contributed by atoms with Gasteiger partial charge in [-0.15, -0.1) is 0 Å². The largest absolute Gasteiger partial charge is 0.179 e. The maximum Gasteiger partial charge on any atom is 0 e. The van der Waals surface area contributed by atoms with Crippen LogP contribution >= 0.6 is 12.6 Å². The van der Waals surface area contributed by atoms with Gasteiger partial charge in [-0.25, -0.2) is 0 Å². The fourth-order valence-corrected chi connectivity index (χ4v) is 2.18. The molecule has 16 heavy (non-hydrogen) atoms. The Morgan fingerprint density at radius 1 is 0.562 bits per heavy atom. The molecule has 2 heteroatoms. The van der Waals surface area contributed by atoms with Gasteiger partial charge in [-0.1, -0.05) is 77.6 Å². The molecule has 0 atom stereocenters. The maximum absolute atomic E-state index is 4.22. The Hall–Kier alpha value is 1.17. The average Bonchev–Trinajstić information content (AvgIpc) is 2.26. The van der Waals surface area contributed by atoms with Crippen LogP contribution in [0.15, 0.2) is 0 Å². The van der Waals surface area contributed by atoms with Crippen LogP contribution in [0.4, 0.5) is 0 Å². The van der Waals surface area contributed by atoms with Crippen molar-refractivity contribution < 1.29 is 0 Å². The molecule has 0 spiro atoms. The van der Waals surface area contributed by atoms with Crippen molar-refractivity contribution in [1.82, 2.24) is 0 Å². The second kappa shape index (κ2) is 18.5. The zero-order valence-corrected chi connectivity index (χ0v) is 14.5. The zero-order chi connectivity index (χ0) is 11.2. The van der Waals surface area contributed by atoms with Gasteiger partial charge in [-0.3, -0.25) is 0 Å². The molecule has 0 aliphatic rings. The van der Waals surface area contributed by atoms with E-state index in [1.54, 1.807) is 0 Å². The summed E-state index contributed by atoms with van der Waals surface area (Å²) in [7, 11) is 0. The molecule has 0 aliphatic heterocycles. The molecule has 0 heterocycles. The van der Waals surface area contributed by atoms with Crippen molar-refractivity contribution in [1.29, 1.82) is 0 Å². The van der Waals surface area contributed by atoms with Gasteiger partial charge >= 0.3 is 0 Å². The standard InChI is InChI=1S/C14H30S.Sb/c1-2-3-4-5-6-7-8-9-10-11-12-13-14-15;/h15H,2-14H2,1H3;. The van der Waals surface area contributed by atoms with Crippen LogP contribution in [0.5, 0.6) is 0 Å². The molecule has 0 rings (SSSR count). The maximum atomic E-state index is 4.22. The van der Waals surface area contributed by atoms with E-state index in [1.807, 2.05) is 0 Å². The second-order valence-electron chi connectivity index (χ2n) is 4.61. The molecule has 3 radical (unpaired) electrons. The molecule has 0 aliphatic carbocycles. The van der Waals surface area contributed by atoms with E-state index in [2.05, 4.69) is 19.6 Å². The van der Waals surface area contributed by atoms with Crippen LogP contribution in [-0.4, -0.2) is 30.2 Å². The van der Waals surface area contributed by atoms with Crippen LogP contribution in [0, 0.1) is 0 Å². The third kappa shape index (κ3) is 17.6. The van der Waals surface area contributed by atoms with Gasteiger partial charge in [0.2, 0.25) is 0 Å². The van der Waals surface area contributed by atoms with Crippen LogP contribution in [0.3, 0.4) is 0 Å². The minimum atomic E-state index is 0. The van der Waals surface area contributed by atoms with E-state index in [1.165, 1.54) is 77.0 Å². The normalized spacial score (nSPS) is 10.1. The summed E-state index contributed by atoms with van der Waals surface area (Å²) in [5.41, 5.74) is 0. The Kier molecular flexibility index (Phi) is 22.6. The van der Waals surface area contributed by atoms with Gasteiger partial charge in [0.25, 0.3) is 0 Å². The van der Waals surface area contributed by atoms with E-state index in [9.17, 15) is 0 Å². The third-order valence-corrected chi connectivity index (χ3v) is 3.33. The topological polar surface area (TPSA) is 0 Å². The van der Waals surface area contributed by atoms with Crippen molar-refractivity contribution in [3.05, 3.63) is 0 Å². The number of rotatable bonds is 12. The average molecular weight is 352 g/mol. The minimum Gasteiger partial charge on any atom is -0.179 e. The van der Waals surface area contributed by atoms with Gasteiger partial charge in [0.05, 0.1) is 0 Å². The fourth-order valence-electron chi connectivity index (χ4n) is 1.95. The molecule has 0 saturated heterocycles. The monoisotopic (exact) mass is 351 g/mol. The number of unbranched alkanes of at least 4 members (excludes halogenated alkanes) is 11. The summed E-state index contributed by atoms with van der Waals surface area (Å²) >= 11 is 4.22. The van der Waals surface area contributed by atoms with Crippen molar-refractivity contribution in [3.8, 4) is 0 Å². The molecule has 0 saturated carbocycles. The molecule has 0 unspecified atom stereocenters. The predicted molar refractivity (Wildman–Crippen MR) is 80.7 cm³/mol. The summed E-state index contributed by atoms with van der Waals surface area (Å²) < 4.78 is 0. The van der Waals surface area contributed by atoms with Crippen LogP contribution in [0.25, 0.3) is 0 Å². The summed E-state index contributed by atoms with van der Waals surface area (Å²) in [5.74, 6) is 1.07. The molecule has 0 N–H and O–H groups in total. The molecule has 0 aromatic heterocycles. The van der Waals surface area contributed by atoms with Crippen molar-refractivity contribution in [3.63, 3.8) is 0 Å². The van der Waals surface area contributed by atoms with E-state index in [-0.39, 0.29) is 24.4 Å². The molecule has 0 nitrogen and oxygen atoms in total. The summed E-state index contributed by atoms with van der Waals surface area (Å²) in [6.07, 6.45) is 17.2. The zero-order valence-electron chi connectivity index (χ0n) is 11.1. The first-order valence-corrected chi connectivity index (χ1v) is 7.66. The quantitative estimate of drug-likeness (QED) is 0.277. The molecule has 0 amide bonds. The van der Waals surface area contributed by atoms with E-state index >= 15 is 0 Å². The van der Waals surface area contributed by atoms with Crippen LogP contribution in [-0.2, 0) is 0 Å². The van der Waals surface area contributed by atoms with Crippen LogP contribution in [0.2, 0.25) is 0 Å². The molecule has 0 fully saturated rings. The Labute approximate surface area is 126 Å². The molecule has 0 bridgehead atoms. The van der Waals surface area contributed by atoms with Gasteiger partial charge < -0.3 is 0 Å². The van der Waals surface area contributed by atoms with Gasteiger partial charge in [0, 0.05) is 24.4 Å². The SMILES string of the molecule is CCCCCCCCCCCCCCS.[Sb]. The summed E-state index contributed by atoms with van der Waals surface area (Å²) in [4.78, 5) is 0. The van der Waals surface area contributed by atoms with E-state index < -0.39 is 0 Å². The first-order chi connectivity index (χ1) is 7.41. The third-order valence-electron chi connectivity index (χ3n) is 3.01. The van der Waals surface area contributed by atoms with E-state index in [4.69, 9.17) is 0 Å². The summed E-state index contributed by atoms with van der Waals surface area (Å²) in [5, 5.41) is 0. The van der Waals surface area contributed by atoms with Crippen molar-refractivity contribution in [2.75, 3.05) is 5.75 Å². The van der Waals surface area contributed by atoms with Crippen LogP contribution < -0.4 is 0 Å². The smallest absolute Gasteiger partial charge is 0 e. The minimum absolute atomic E-state index is 0. The number of hydrogen-bond acceptors (Lipinski definition) is 1. The molecular weight excluding hydrogens is 322 g/mol.